The molecule has 104 valence electrons. The molecule has 1 atom stereocenters. The van der Waals surface area contributed by atoms with Crippen molar-refractivity contribution in [2.24, 2.45) is 5.92 Å². The minimum Gasteiger partial charge on any atom is -0.334 e. The highest BCUT2D eigenvalue weighted by Gasteiger charge is 2.18. The molecule has 0 aromatic carbocycles. The van der Waals surface area contributed by atoms with E-state index in [0.717, 1.165) is 19.5 Å². The number of hydrogen-bond acceptors (Lipinski definition) is 3. The lowest BCUT2D eigenvalue weighted by Crippen LogP contribution is -2.30. The van der Waals surface area contributed by atoms with Gasteiger partial charge in [-0.3, -0.25) is 4.79 Å². The maximum Gasteiger partial charge on any atom is 0.223 e. The summed E-state index contributed by atoms with van der Waals surface area (Å²) in [4.78, 5) is 15.4. The summed E-state index contributed by atoms with van der Waals surface area (Å²) in [5, 5.41) is 5.40. The van der Waals surface area contributed by atoms with Gasteiger partial charge in [-0.05, 0) is 43.3 Å². The summed E-state index contributed by atoms with van der Waals surface area (Å²) in [5.74, 6) is 0.927. The molecule has 4 heteroatoms. The molecule has 1 aliphatic heterocycles. The molecule has 1 aromatic heterocycles. The largest absolute Gasteiger partial charge is 0.334 e. The van der Waals surface area contributed by atoms with Gasteiger partial charge in [0.2, 0.25) is 5.91 Å². The SMILES string of the molecule is C=CCN(Cc1cccs1)C(=O)CCC1CCNC1. The molecule has 0 radical (unpaired) electrons. The van der Waals surface area contributed by atoms with Gasteiger partial charge in [-0.25, -0.2) is 0 Å². The Morgan fingerprint density at radius 2 is 2.53 bits per heavy atom. The van der Waals surface area contributed by atoms with E-state index in [1.54, 1.807) is 11.3 Å². The molecule has 0 bridgehead atoms. The van der Waals surface area contributed by atoms with Crippen LogP contribution >= 0.6 is 11.3 Å². The third-order valence-electron chi connectivity index (χ3n) is 3.56. The van der Waals surface area contributed by atoms with Crippen LogP contribution in [0.4, 0.5) is 0 Å². The van der Waals surface area contributed by atoms with Crippen molar-refractivity contribution in [3.63, 3.8) is 0 Å². The molecule has 1 amide bonds. The number of nitrogens with one attached hydrogen (secondary N) is 1. The Balaban J connectivity index is 1.82. The fourth-order valence-corrected chi connectivity index (χ4v) is 3.17. The highest BCUT2D eigenvalue weighted by Crippen LogP contribution is 2.17. The van der Waals surface area contributed by atoms with Gasteiger partial charge in [-0.15, -0.1) is 17.9 Å². The zero-order chi connectivity index (χ0) is 13.5. The van der Waals surface area contributed by atoms with Crippen molar-refractivity contribution in [3.05, 3.63) is 35.0 Å². The maximum atomic E-state index is 12.3. The van der Waals surface area contributed by atoms with E-state index in [4.69, 9.17) is 0 Å². The number of hydrogen-bond donors (Lipinski definition) is 1. The van der Waals surface area contributed by atoms with E-state index in [9.17, 15) is 4.79 Å². The van der Waals surface area contributed by atoms with Crippen LogP contribution in [0.15, 0.2) is 30.2 Å². The van der Waals surface area contributed by atoms with Gasteiger partial charge in [0.15, 0.2) is 0 Å². The second-order valence-electron chi connectivity index (χ2n) is 5.04. The summed E-state index contributed by atoms with van der Waals surface area (Å²) < 4.78 is 0. The molecule has 0 aliphatic carbocycles. The van der Waals surface area contributed by atoms with Gasteiger partial charge >= 0.3 is 0 Å². The van der Waals surface area contributed by atoms with Crippen molar-refractivity contribution in [1.29, 1.82) is 0 Å². The Morgan fingerprint density at radius 3 is 3.16 bits per heavy atom. The van der Waals surface area contributed by atoms with Crippen molar-refractivity contribution in [2.45, 2.75) is 25.8 Å². The van der Waals surface area contributed by atoms with Crippen LogP contribution in [-0.2, 0) is 11.3 Å². The zero-order valence-electron chi connectivity index (χ0n) is 11.3. The number of carbonyl (C=O) groups excluding carboxylic acids is 1. The molecule has 19 heavy (non-hydrogen) atoms. The van der Waals surface area contributed by atoms with Crippen LogP contribution in [-0.4, -0.2) is 30.4 Å². The highest BCUT2D eigenvalue weighted by molar-refractivity contribution is 7.09. The second kappa shape index (κ2) is 7.46. The molecule has 0 spiro atoms. The molecular weight excluding hydrogens is 256 g/mol. The van der Waals surface area contributed by atoms with E-state index in [-0.39, 0.29) is 5.91 Å². The summed E-state index contributed by atoms with van der Waals surface area (Å²) in [6, 6.07) is 4.11. The Bertz CT molecular complexity index is 396. The Morgan fingerprint density at radius 1 is 1.63 bits per heavy atom. The van der Waals surface area contributed by atoms with Crippen molar-refractivity contribution < 1.29 is 4.79 Å². The normalized spacial score (nSPS) is 18.4. The van der Waals surface area contributed by atoms with Gasteiger partial charge < -0.3 is 10.2 Å². The van der Waals surface area contributed by atoms with E-state index in [2.05, 4.69) is 23.3 Å². The lowest BCUT2D eigenvalue weighted by atomic mass is 10.0. The van der Waals surface area contributed by atoms with Crippen molar-refractivity contribution in [2.75, 3.05) is 19.6 Å². The summed E-state index contributed by atoms with van der Waals surface area (Å²) in [7, 11) is 0. The second-order valence-corrected chi connectivity index (χ2v) is 6.07. The first kappa shape index (κ1) is 14.3. The van der Waals surface area contributed by atoms with Crippen LogP contribution in [0, 0.1) is 5.92 Å². The minimum atomic E-state index is 0.250. The van der Waals surface area contributed by atoms with Crippen LogP contribution < -0.4 is 5.32 Å². The van der Waals surface area contributed by atoms with Crippen LogP contribution in [0.1, 0.15) is 24.1 Å². The first-order valence-electron chi connectivity index (χ1n) is 6.91. The van der Waals surface area contributed by atoms with Gasteiger partial charge in [0.05, 0.1) is 6.54 Å². The van der Waals surface area contributed by atoms with Crippen molar-refractivity contribution in [1.82, 2.24) is 10.2 Å². The third kappa shape index (κ3) is 4.48. The van der Waals surface area contributed by atoms with Crippen LogP contribution in [0.3, 0.4) is 0 Å². The summed E-state index contributed by atoms with van der Waals surface area (Å²) in [6.07, 6.45) is 4.68. The fourth-order valence-electron chi connectivity index (χ4n) is 2.45. The molecule has 1 unspecified atom stereocenters. The molecule has 1 saturated heterocycles. The number of carbonyl (C=O) groups is 1. The minimum absolute atomic E-state index is 0.250. The van der Waals surface area contributed by atoms with E-state index >= 15 is 0 Å². The molecule has 0 saturated carbocycles. The quantitative estimate of drug-likeness (QED) is 0.778. The molecule has 2 heterocycles. The highest BCUT2D eigenvalue weighted by atomic mass is 32.1. The molecule has 1 aromatic rings. The van der Waals surface area contributed by atoms with Gasteiger partial charge in [0.1, 0.15) is 0 Å². The predicted molar refractivity (Wildman–Crippen MR) is 80.1 cm³/mol. The van der Waals surface area contributed by atoms with E-state index in [1.165, 1.54) is 11.3 Å². The number of amides is 1. The standard InChI is InChI=1S/C15H22N2OS/c1-2-9-17(12-14-4-3-10-19-14)15(18)6-5-13-7-8-16-11-13/h2-4,10,13,16H,1,5-9,11-12H2. The van der Waals surface area contributed by atoms with Gasteiger partial charge in [-0.1, -0.05) is 12.1 Å². The van der Waals surface area contributed by atoms with Crippen LogP contribution in [0.25, 0.3) is 0 Å². The van der Waals surface area contributed by atoms with E-state index in [1.807, 2.05) is 17.0 Å². The van der Waals surface area contributed by atoms with Gasteiger partial charge in [-0.2, -0.15) is 0 Å². The van der Waals surface area contributed by atoms with E-state index < -0.39 is 0 Å². The maximum absolute atomic E-state index is 12.3. The zero-order valence-corrected chi connectivity index (χ0v) is 12.1. The smallest absolute Gasteiger partial charge is 0.223 e. The Hall–Kier alpha value is -1.13. The van der Waals surface area contributed by atoms with Crippen molar-refractivity contribution in [3.8, 4) is 0 Å². The third-order valence-corrected chi connectivity index (χ3v) is 4.42. The summed E-state index contributed by atoms with van der Waals surface area (Å²) in [6.45, 7) is 7.27. The number of nitrogens with zero attached hydrogens (tertiary/aromatic N) is 1. The number of thiophene rings is 1. The molecule has 1 aliphatic rings. The summed E-state index contributed by atoms with van der Waals surface area (Å²) in [5.41, 5.74) is 0. The predicted octanol–water partition coefficient (Wildman–Crippen LogP) is 2.65. The Kier molecular flexibility index (Phi) is 5.61. The molecule has 2 rings (SSSR count). The molecule has 1 N–H and O–H groups in total. The Labute approximate surface area is 119 Å². The lowest BCUT2D eigenvalue weighted by molar-refractivity contribution is -0.131. The topological polar surface area (TPSA) is 32.3 Å². The van der Waals surface area contributed by atoms with Gasteiger partial charge in [0.25, 0.3) is 0 Å². The van der Waals surface area contributed by atoms with E-state index in [0.29, 0.717) is 25.4 Å². The number of rotatable bonds is 7. The molecule has 3 nitrogen and oxygen atoms in total. The first-order valence-corrected chi connectivity index (χ1v) is 7.79. The van der Waals surface area contributed by atoms with Crippen LogP contribution in [0.5, 0.6) is 0 Å². The van der Waals surface area contributed by atoms with Gasteiger partial charge in [0, 0.05) is 17.8 Å². The molecular formula is C15H22N2OS. The lowest BCUT2D eigenvalue weighted by Gasteiger charge is -2.21. The molecule has 1 fully saturated rings. The average Bonchev–Trinajstić information content (AvgIpc) is 3.08. The first-order chi connectivity index (χ1) is 9.29. The van der Waals surface area contributed by atoms with Crippen LogP contribution in [0.2, 0.25) is 0 Å². The average molecular weight is 278 g/mol. The fraction of sp³-hybridized carbons (Fsp3) is 0.533. The monoisotopic (exact) mass is 278 g/mol. The van der Waals surface area contributed by atoms with Crippen molar-refractivity contribution >= 4 is 17.2 Å². The summed E-state index contributed by atoms with van der Waals surface area (Å²) >= 11 is 1.70.